The Morgan fingerprint density at radius 1 is 1.04 bits per heavy atom. The van der Waals surface area contributed by atoms with Crippen LogP contribution in [0.3, 0.4) is 0 Å². The second-order valence-corrected chi connectivity index (χ2v) is 5.83. The molecule has 0 aliphatic carbocycles. The normalized spacial score (nSPS) is 16.2. The first-order chi connectivity index (χ1) is 11.2. The third kappa shape index (κ3) is 3.90. The zero-order valence-corrected chi connectivity index (χ0v) is 13.0. The van der Waals surface area contributed by atoms with Gasteiger partial charge in [-0.1, -0.05) is 42.5 Å². The van der Waals surface area contributed by atoms with E-state index < -0.39 is 12.0 Å². The number of hydrogen-bond donors (Lipinski definition) is 1. The number of hydrogen-bond acceptors (Lipinski definition) is 3. The van der Waals surface area contributed by atoms with Crippen molar-refractivity contribution in [2.75, 3.05) is 13.1 Å². The first kappa shape index (κ1) is 15.6. The van der Waals surface area contributed by atoms with Crippen molar-refractivity contribution in [2.24, 2.45) is 0 Å². The summed E-state index contributed by atoms with van der Waals surface area (Å²) in [4.78, 5) is 13.6. The molecule has 1 fully saturated rings. The average molecular weight is 311 g/mol. The molecule has 1 aliphatic heterocycles. The quantitative estimate of drug-likeness (QED) is 0.887. The molecule has 1 unspecified atom stereocenters. The summed E-state index contributed by atoms with van der Waals surface area (Å²) in [7, 11) is 0. The van der Waals surface area contributed by atoms with E-state index in [0.29, 0.717) is 6.61 Å². The molecule has 3 rings (SSSR count). The van der Waals surface area contributed by atoms with Crippen molar-refractivity contribution >= 4 is 5.97 Å². The molecule has 2 aromatic carbocycles. The minimum atomic E-state index is -0.787. The van der Waals surface area contributed by atoms with Crippen LogP contribution in [0.2, 0.25) is 0 Å². The van der Waals surface area contributed by atoms with Crippen molar-refractivity contribution in [3.05, 3.63) is 65.7 Å². The van der Waals surface area contributed by atoms with Gasteiger partial charge in [0.05, 0.1) is 0 Å². The molecular weight excluding hydrogens is 290 g/mol. The van der Waals surface area contributed by atoms with Gasteiger partial charge in [0.25, 0.3) is 0 Å². The van der Waals surface area contributed by atoms with Gasteiger partial charge in [-0.05, 0) is 49.2 Å². The summed E-state index contributed by atoms with van der Waals surface area (Å²) in [5, 5.41) is 9.54. The van der Waals surface area contributed by atoms with Gasteiger partial charge in [-0.15, -0.1) is 0 Å². The Bertz CT molecular complexity index is 633. The van der Waals surface area contributed by atoms with E-state index in [2.05, 4.69) is 0 Å². The molecule has 2 aromatic rings. The highest BCUT2D eigenvalue weighted by molar-refractivity contribution is 5.75. The van der Waals surface area contributed by atoms with E-state index in [4.69, 9.17) is 4.74 Å². The van der Waals surface area contributed by atoms with Crippen molar-refractivity contribution in [2.45, 2.75) is 25.5 Å². The first-order valence-electron chi connectivity index (χ1n) is 7.97. The van der Waals surface area contributed by atoms with E-state index in [9.17, 15) is 9.90 Å². The third-order valence-corrected chi connectivity index (χ3v) is 4.18. The molecule has 0 aromatic heterocycles. The van der Waals surface area contributed by atoms with Crippen molar-refractivity contribution < 1.29 is 14.6 Å². The van der Waals surface area contributed by atoms with Crippen LogP contribution in [0.25, 0.3) is 0 Å². The van der Waals surface area contributed by atoms with Crippen LogP contribution in [0, 0.1) is 0 Å². The molecule has 0 spiro atoms. The van der Waals surface area contributed by atoms with Crippen LogP contribution >= 0.6 is 0 Å². The standard InChI is InChI=1S/C19H21NO3/c21-19(22)18(20-12-4-5-13-20)16-8-10-17(11-9-16)23-14-15-6-2-1-3-7-15/h1-3,6-11,18H,4-5,12-14H2,(H,21,22). The first-order valence-corrected chi connectivity index (χ1v) is 7.97. The number of rotatable bonds is 6. The molecule has 1 heterocycles. The summed E-state index contributed by atoms with van der Waals surface area (Å²) in [5.41, 5.74) is 1.92. The number of nitrogens with zero attached hydrogens (tertiary/aromatic N) is 1. The van der Waals surface area contributed by atoms with Crippen LogP contribution in [0.4, 0.5) is 0 Å². The number of carboxylic acid groups (broad SMARTS) is 1. The molecule has 1 aliphatic rings. The van der Waals surface area contributed by atoms with E-state index in [1.54, 1.807) is 0 Å². The van der Waals surface area contributed by atoms with E-state index in [1.807, 2.05) is 59.5 Å². The van der Waals surface area contributed by atoms with Crippen LogP contribution in [0.5, 0.6) is 5.75 Å². The van der Waals surface area contributed by atoms with Gasteiger partial charge >= 0.3 is 5.97 Å². The lowest BCUT2D eigenvalue weighted by Crippen LogP contribution is -2.31. The van der Waals surface area contributed by atoms with E-state index >= 15 is 0 Å². The fourth-order valence-corrected chi connectivity index (χ4v) is 3.00. The van der Waals surface area contributed by atoms with Gasteiger partial charge < -0.3 is 9.84 Å². The molecule has 4 heteroatoms. The van der Waals surface area contributed by atoms with Crippen LogP contribution in [-0.4, -0.2) is 29.1 Å². The van der Waals surface area contributed by atoms with Crippen LogP contribution in [0.15, 0.2) is 54.6 Å². The molecule has 0 bridgehead atoms. The van der Waals surface area contributed by atoms with E-state index in [1.165, 1.54) is 0 Å². The second kappa shape index (κ2) is 7.29. The monoisotopic (exact) mass is 311 g/mol. The molecule has 0 saturated carbocycles. The fourth-order valence-electron chi connectivity index (χ4n) is 3.00. The number of carbonyl (C=O) groups is 1. The van der Waals surface area contributed by atoms with Gasteiger partial charge in [0, 0.05) is 0 Å². The van der Waals surface area contributed by atoms with Crippen molar-refractivity contribution in [1.82, 2.24) is 4.90 Å². The lowest BCUT2D eigenvalue weighted by molar-refractivity contribution is -0.143. The molecular formula is C19H21NO3. The van der Waals surface area contributed by atoms with Crippen molar-refractivity contribution in [3.8, 4) is 5.75 Å². The zero-order chi connectivity index (χ0) is 16.1. The minimum absolute atomic E-state index is 0.509. The highest BCUT2D eigenvalue weighted by Crippen LogP contribution is 2.27. The van der Waals surface area contributed by atoms with Gasteiger partial charge in [-0.2, -0.15) is 0 Å². The smallest absolute Gasteiger partial charge is 0.325 e. The number of aliphatic carboxylic acids is 1. The molecule has 23 heavy (non-hydrogen) atoms. The summed E-state index contributed by atoms with van der Waals surface area (Å²) >= 11 is 0. The topological polar surface area (TPSA) is 49.8 Å². The van der Waals surface area contributed by atoms with Gasteiger partial charge in [0.1, 0.15) is 18.4 Å². The zero-order valence-electron chi connectivity index (χ0n) is 13.0. The molecule has 1 saturated heterocycles. The van der Waals surface area contributed by atoms with Crippen LogP contribution in [0.1, 0.15) is 30.0 Å². The highest BCUT2D eigenvalue weighted by atomic mass is 16.5. The second-order valence-electron chi connectivity index (χ2n) is 5.83. The number of ether oxygens (including phenoxy) is 1. The predicted octanol–water partition coefficient (Wildman–Crippen LogP) is 3.49. The number of likely N-dealkylation sites (tertiary alicyclic amines) is 1. The van der Waals surface area contributed by atoms with Gasteiger partial charge in [-0.25, -0.2) is 0 Å². The van der Waals surface area contributed by atoms with Crippen molar-refractivity contribution in [3.63, 3.8) is 0 Å². The maximum absolute atomic E-state index is 11.6. The predicted molar refractivity (Wildman–Crippen MR) is 88.4 cm³/mol. The highest BCUT2D eigenvalue weighted by Gasteiger charge is 2.29. The Hall–Kier alpha value is -2.33. The van der Waals surface area contributed by atoms with Gasteiger partial charge in [0.2, 0.25) is 0 Å². The van der Waals surface area contributed by atoms with Crippen LogP contribution < -0.4 is 4.74 Å². The molecule has 120 valence electrons. The SMILES string of the molecule is O=C(O)C(c1ccc(OCc2ccccc2)cc1)N1CCCC1. The maximum Gasteiger partial charge on any atom is 0.325 e. The third-order valence-electron chi connectivity index (χ3n) is 4.18. The average Bonchev–Trinajstić information content (AvgIpc) is 3.09. The van der Waals surface area contributed by atoms with E-state index in [0.717, 1.165) is 42.8 Å². The number of carboxylic acids is 1. The largest absolute Gasteiger partial charge is 0.489 e. The molecule has 0 amide bonds. The lowest BCUT2D eigenvalue weighted by Gasteiger charge is -2.24. The van der Waals surface area contributed by atoms with Gasteiger partial charge in [0.15, 0.2) is 0 Å². The van der Waals surface area contributed by atoms with E-state index in [-0.39, 0.29) is 0 Å². The van der Waals surface area contributed by atoms with Crippen molar-refractivity contribution in [1.29, 1.82) is 0 Å². The number of benzene rings is 2. The Balaban J connectivity index is 1.66. The van der Waals surface area contributed by atoms with Gasteiger partial charge in [-0.3, -0.25) is 9.69 Å². The Morgan fingerprint density at radius 3 is 2.30 bits per heavy atom. The summed E-state index contributed by atoms with van der Waals surface area (Å²) in [6.07, 6.45) is 2.14. The Kier molecular flexibility index (Phi) is 4.93. The summed E-state index contributed by atoms with van der Waals surface area (Å²) < 4.78 is 5.75. The Labute approximate surface area is 136 Å². The lowest BCUT2D eigenvalue weighted by atomic mass is 10.1. The summed E-state index contributed by atoms with van der Waals surface area (Å²) in [6.45, 7) is 2.21. The minimum Gasteiger partial charge on any atom is -0.489 e. The molecule has 4 nitrogen and oxygen atoms in total. The maximum atomic E-state index is 11.6. The molecule has 1 N–H and O–H groups in total. The summed E-state index contributed by atoms with van der Waals surface area (Å²) in [6, 6.07) is 16.8. The molecule has 0 radical (unpaired) electrons. The molecule has 1 atom stereocenters. The van der Waals surface area contributed by atoms with Crippen LogP contribution in [-0.2, 0) is 11.4 Å². The Morgan fingerprint density at radius 2 is 1.70 bits per heavy atom. The summed E-state index contributed by atoms with van der Waals surface area (Å²) in [5.74, 6) is -0.0342. The fraction of sp³-hybridized carbons (Fsp3) is 0.316.